The lowest BCUT2D eigenvalue weighted by molar-refractivity contribution is -0.193. The van der Waals surface area contributed by atoms with Crippen LogP contribution in [0.1, 0.15) is 0 Å². The normalized spacial score (nSPS) is 10.9. The van der Waals surface area contributed by atoms with Gasteiger partial charge in [-0.3, -0.25) is 0 Å². The van der Waals surface area contributed by atoms with E-state index in [4.69, 9.17) is 39.6 Å². The highest BCUT2D eigenvalue weighted by molar-refractivity contribution is 5.74. The summed E-state index contributed by atoms with van der Waals surface area (Å²) in [6, 6.07) is 0. The molecule has 7 N–H and O–H groups in total. The zero-order chi connectivity index (χ0) is 24.3. The van der Waals surface area contributed by atoms with Crippen molar-refractivity contribution in [3.63, 3.8) is 0 Å². The highest BCUT2D eigenvalue weighted by Crippen LogP contribution is 2.14. The van der Waals surface area contributed by atoms with Crippen LogP contribution >= 0.6 is 0 Å². The monoisotopic (exact) mass is 473 g/mol. The smallest absolute Gasteiger partial charge is 0.475 e. The third-order valence-corrected chi connectivity index (χ3v) is 0.970. The Morgan fingerprint density at radius 1 is 0.379 bits per heavy atom. The lowest BCUT2D eigenvalue weighted by atomic mass is 10.7. The molecule has 0 atom stereocenters. The minimum atomic E-state index is -5.08. The summed E-state index contributed by atoms with van der Waals surface area (Å²) in [5, 5.41) is 28.5. The number of aliphatic carboxylic acids is 4. The second-order valence-corrected chi connectivity index (χ2v) is 3.21. The van der Waals surface area contributed by atoms with E-state index < -0.39 is 48.6 Å². The fourth-order valence-electron chi connectivity index (χ4n) is 0. The van der Waals surface area contributed by atoms with Gasteiger partial charge in [0, 0.05) is 0 Å². The first-order chi connectivity index (χ1) is 11.8. The molecule has 0 aliphatic carbocycles. The zero-order valence-electron chi connectivity index (χ0n) is 12.7. The van der Waals surface area contributed by atoms with Gasteiger partial charge in [-0.25, -0.2) is 19.2 Å². The van der Waals surface area contributed by atoms with Gasteiger partial charge in [0.15, 0.2) is 0 Å². The SMILES string of the molecule is N.O=C(O)C(F)(F)F.O=C(O)C(F)(F)F.O=C(O)C(F)(F)F.O=C(O)C(F)(F)F. The van der Waals surface area contributed by atoms with E-state index in [1.807, 2.05) is 0 Å². The molecule has 0 saturated carbocycles. The third kappa shape index (κ3) is 30.0. The average molecular weight is 473 g/mol. The molecule has 29 heavy (non-hydrogen) atoms. The van der Waals surface area contributed by atoms with Crippen LogP contribution in [-0.2, 0) is 19.2 Å². The Morgan fingerprint density at radius 2 is 0.414 bits per heavy atom. The summed E-state index contributed by atoms with van der Waals surface area (Å²) >= 11 is 0. The first-order valence-electron chi connectivity index (χ1n) is 4.98. The molecule has 0 aromatic heterocycles. The van der Waals surface area contributed by atoms with Crippen LogP contribution in [0.5, 0.6) is 0 Å². The van der Waals surface area contributed by atoms with E-state index in [0.29, 0.717) is 0 Å². The Labute approximate surface area is 148 Å². The Balaban J connectivity index is -0.0000000873. The molecule has 0 aliphatic rings. The van der Waals surface area contributed by atoms with Crippen molar-refractivity contribution in [3.8, 4) is 0 Å². The van der Waals surface area contributed by atoms with Gasteiger partial charge < -0.3 is 26.6 Å². The van der Waals surface area contributed by atoms with E-state index >= 15 is 0 Å². The molecule has 0 spiro atoms. The topological polar surface area (TPSA) is 184 Å². The van der Waals surface area contributed by atoms with Crippen LogP contribution in [0.3, 0.4) is 0 Å². The summed E-state index contributed by atoms with van der Waals surface area (Å²) in [7, 11) is 0. The molecular weight excluding hydrogens is 466 g/mol. The Morgan fingerprint density at radius 3 is 0.414 bits per heavy atom. The lowest BCUT2D eigenvalue weighted by Gasteiger charge is -1.93. The van der Waals surface area contributed by atoms with E-state index in [1.165, 1.54) is 0 Å². The molecule has 176 valence electrons. The average Bonchev–Trinajstić information content (AvgIpc) is 2.35. The summed E-state index contributed by atoms with van der Waals surface area (Å²) in [5.41, 5.74) is 0. The maximum atomic E-state index is 10.6. The van der Waals surface area contributed by atoms with Crippen LogP contribution in [0.4, 0.5) is 52.7 Å². The molecule has 0 saturated heterocycles. The van der Waals surface area contributed by atoms with Crippen LogP contribution < -0.4 is 6.15 Å². The quantitative estimate of drug-likeness (QED) is 0.330. The number of rotatable bonds is 0. The fourth-order valence-corrected chi connectivity index (χ4v) is 0. The van der Waals surface area contributed by atoms with E-state index in [1.54, 1.807) is 0 Å². The van der Waals surface area contributed by atoms with Gasteiger partial charge in [-0.1, -0.05) is 0 Å². The molecule has 0 aliphatic heterocycles. The molecule has 9 nitrogen and oxygen atoms in total. The van der Waals surface area contributed by atoms with Crippen molar-refractivity contribution in [2.75, 3.05) is 0 Å². The van der Waals surface area contributed by atoms with Crippen LogP contribution in [-0.4, -0.2) is 69.0 Å². The van der Waals surface area contributed by atoms with E-state index in [9.17, 15) is 52.7 Å². The molecule has 0 amide bonds. The minimum Gasteiger partial charge on any atom is -0.475 e. The van der Waals surface area contributed by atoms with Crippen molar-refractivity contribution in [2.45, 2.75) is 24.7 Å². The number of hydrogen-bond donors (Lipinski definition) is 5. The summed E-state index contributed by atoms with van der Waals surface area (Å²) in [5.74, 6) is -11.0. The maximum absolute atomic E-state index is 10.6. The van der Waals surface area contributed by atoms with Crippen molar-refractivity contribution < 1.29 is 92.3 Å². The number of alkyl halides is 12. The summed E-state index contributed by atoms with van der Waals surface area (Å²) in [4.78, 5) is 35.6. The van der Waals surface area contributed by atoms with Crippen molar-refractivity contribution >= 4 is 23.9 Å². The van der Waals surface area contributed by atoms with Crippen LogP contribution in [0, 0.1) is 0 Å². The molecule has 0 bridgehead atoms. The summed E-state index contributed by atoms with van der Waals surface area (Å²) in [6.07, 6.45) is -20.3. The molecule has 0 rings (SSSR count). The van der Waals surface area contributed by atoms with Gasteiger partial charge in [0.2, 0.25) is 0 Å². The largest absolute Gasteiger partial charge is 0.490 e. The molecule has 0 heterocycles. The van der Waals surface area contributed by atoms with E-state index in [2.05, 4.69) is 0 Å². The first-order valence-corrected chi connectivity index (χ1v) is 4.98. The summed E-state index contributed by atoms with van der Waals surface area (Å²) in [6.45, 7) is 0. The van der Waals surface area contributed by atoms with Gasteiger partial charge in [-0.2, -0.15) is 52.7 Å². The molecule has 21 heteroatoms. The number of halogens is 12. The van der Waals surface area contributed by atoms with Crippen LogP contribution in [0.2, 0.25) is 0 Å². The van der Waals surface area contributed by atoms with Crippen molar-refractivity contribution in [2.24, 2.45) is 0 Å². The predicted molar refractivity (Wildman–Crippen MR) is 59.8 cm³/mol. The van der Waals surface area contributed by atoms with Gasteiger partial charge in [0.05, 0.1) is 0 Å². The van der Waals surface area contributed by atoms with Gasteiger partial charge in [0.25, 0.3) is 0 Å². The molecule has 0 aromatic carbocycles. The predicted octanol–water partition coefficient (Wildman–Crippen LogP) is 2.70. The number of hydrogen-bond acceptors (Lipinski definition) is 5. The molecule has 0 radical (unpaired) electrons. The Kier molecular flexibility index (Phi) is 16.8. The minimum absolute atomic E-state index is 0. The van der Waals surface area contributed by atoms with Crippen LogP contribution in [0.15, 0.2) is 0 Å². The highest BCUT2D eigenvalue weighted by atomic mass is 19.4. The van der Waals surface area contributed by atoms with Gasteiger partial charge >= 0.3 is 48.6 Å². The lowest BCUT2D eigenvalue weighted by Crippen LogP contribution is -2.21. The van der Waals surface area contributed by atoms with Crippen molar-refractivity contribution in [1.82, 2.24) is 6.15 Å². The maximum Gasteiger partial charge on any atom is 0.490 e. The molecule has 0 unspecified atom stereocenters. The molecule has 0 fully saturated rings. The molecule has 0 aromatic rings. The fraction of sp³-hybridized carbons (Fsp3) is 0.500. The van der Waals surface area contributed by atoms with E-state index in [-0.39, 0.29) is 6.15 Å². The molecular formula is C8H7F12NO8. The number of carbonyl (C=O) groups is 4. The van der Waals surface area contributed by atoms with Gasteiger partial charge in [0.1, 0.15) is 0 Å². The summed E-state index contributed by atoms with van der Waals surface area (Å²) < 4.78 is 127. The standard InChI is InChI=1S/4C2HF3O2.H3N/c4*3-2(4,5)1(6)7;/h4*(H,6,7);1H3. The second kappa shape index (κ2) is 13.2. The number of carboxylic acid groups (broad SMARTS) is 4. The van der Waals surface area contributed by atoms with Gasteiger partial charge in [-0.05, 0) is 0 Å². The first kappa shape index (κ1) is 36.8. The second-order valence-electron chi connectivity index (χ2n) is 3.21. The number of carboxylic acids is 4. The van der Waals surface area contributed by atoms with E-state index in [0.717, 1.165) is 0 Å². The van der Waals surface area contributed by atoms with Crippen molar-refractivity contribution in [1.29, 1.82) is 0 Å². The highest BCUT2D eigenvalue weighted by Gasteiger charge is 2.39. The van der Waals surface area contributed by atoms with Gasteiger partial charge in [-0.15, -0.1) is 0 Å². The Hall–Kier alpha value is -3.00. The Bertz CT molecular complexity index is 436. The zero-order valence-corrected chi connectivity index (χ0v) is 12.7. The van der Waals surface area contributed by atoms with Crippen LogP contribution in [0.25, 0.3) is 0 Å². The van der Waals surface area contributed by atoms with Crippen molar-refractivity contribution in [3.05, 3.63) is 0 Å². The third-order valence-electron chi connectivity index (χ3n) is 0.970.